The number of furan rings is 1. The Balaban J connectivity index is 1.70. The average molecular weight is 276 g/mol. The molecule has 0 bridgehead atoms. The number of ether oxygens (including phenoxy) is 3. The summed E-state index contributed by atoms with van der Waals surface area (Å²) < 4.78 is 21.2. The third kappa shape index (κ3) is 2.27. The van der Waals surface area contributed by atoms with E-state index in [1.807, 2.05) is 0 Å². The van der Waals surface area contributed by atoms with E-state index in [0.717, 1.165) is 0 Å². The first-order chi connectivity index (χ1) is 9.63. The predicted octanol–water partition coefficient (Wildman–Crippen LogP) is 2.59. The minimum Gasteiger partial charge on any atom is -0.486 e. The second-order valence-electron chi connectivity index (χ2n) is 4.33. The molecule has 1 N–H and O–H groups in total. The summed E-state index contributed by atoms with van der Waals surface area (Å²) >= 11 is 0. The minimum atomic E-state index is -1.09. The Morgan fingerprint density at radius 2 is 2.10 bits per heavy atom. The van der Waals surface area contributed by atoms with Gasteiger partial charge >= 0.3 is 5.97 Å². The van der Waals surface area contributed by atoms with E-state index in [1.54, 1.807) is 31.2 Å². The van der Waals surface area contributed by atoms with Crippen molar-refractivity contribution in [2.75, 3.05) is 6.79 Å². The highest BCUT2D eigenvalue weighted by molar-refractivity contribution is 5.86. The van der Waals surface area contributed by atoms with Gasteiger partial charge in [0.15, 0.2) is 11.5 Å². The second-order valence-corrected chi connectivity index (χ2v) is 4.33. The van der Waals surface area contributed by atoms with Gasteiger partial charge in [-0.05, 0) is 25.1 Å². The second kappa shape index (κ2) is 4.80. The van der Waals surface area contributed by atoms with Crippen LogP contribution >= 0.6 is 0 Å². The lowest BCUT2D eigenvalue weighted by Crippen LogP contribution is -1.96. The zero-order chi connectivity index (χ0) is 14.1. The van der Waals surface area contributed by atoms with Gasteiger partial charge in [-0.3, -0.25) is 0 Å². The van der Waals surface area contributed by atoms with Crippen LogP contribution in [0.25, 0.3) is 0 Å². The molecule has 0 spiro atoms. The largest absolute Gasteiger partial charge is 0.486 e. The number of carboxylic acids is 1. The molecular formula is C14H12O6. The van der Waals surface area contributed by atoms with Crippen molar-refractivity contribution >= 4 is 5.97 Å². The molecule has 1 aromatic carbocycles. The Labute approximate surface area is 114 Å². The van der Waals surface area contributed by atoms with Crippen LogP contribution in [0.3, 0.4) is 0 Å². The summed E-state index contributed by atoms with van der Waals surface area (Å²) in [5.41, 5.74) is 0.571. The molecule has 1 aliphatic rings. The number of hydrogen-bond donors (Lipinski definition) is 1. The summed E-state index contributed by atoms with van der Waals surface area (Å²) in [7, 11) is 0. The van der Waals surface area contributed by atoms with E-state index >= 15 is 0 Å². The lowest BCUT2D eigenvalue weighted by molar-refractivity contribution is 0.0657. The van der Waals surface area contributed by atoms with Gasteiger partial charge in [0.25, 0.3) is 0 Å². The number of fused-ring (bicyclic) bond motifs is 1. The van der Waals surface area contributed by atoms with Gasteiger partial charge in [-0.15, -0.1) is 0 Å². The molecule has 0 saturated carbocycles. The number of benzene rings is 1. The molecule has 2 heterocycles. The van der Waals surface area contributed by atoms with Crippen LogP contribution in [0.2, 0.25) is 0 Å². The van der Waals surface area contributed by atoms with Gasteiger partial charge < -0.3 is 23.7 Å². The standard InChI is InChI=1S/C14H12O6/c1-8-4-10(20-13(8)14(15)16)6-17-9-2-3-11-12(5-9)19-7-18-11/h2-5H,6-7H2,1H3,(H,15,16). The molecule has 0 saturated heterocycles. The van der Waals surface area contributed by atoms with E-state index in [0.29, 0.717) is 28.6 Å². The predicted molar refractivity (Wildman–Crippen MR) is 67.3 cm³/mol. The van der Waals surface area contributed by atoms with E-state index in [2.05, 4.69) is 0 Å². The molecule has 6 heteroatoms. The van der Waals surface area contributed by atoms with Gasteiger partial charge in [-0.1, -0.05) is 0 Å². The van der Waals surface area contributed by atoms with Crippen LogP contribution in [0.1, 0.15) is 21.9 Å². The smallest absolute Gasteiger partial charge is 0.372 e. The van der Waals surface area contributed by atoms with Crippen molar-refractivity contribution in [3.05, 3.63) is 41.3 Å². The fourth-order valence-corrected chi connectivity index (χ4v) is 1.95. The molecule has 0 aliphatic carbocycles. The van der Waals surface area contributed by atoms with Crippen LogP contribution in [-0.4, -0.2) is 17.9 Å². The van der Waals surface area contributed by atoms with E-state index in [1.165, 1.54) is 0 Å². The first kappa shape index (κ1) is 12.4. The fourth-order valence-electron chi connectivity index (χ4n) is 1.95. The highest BCUT2D eigenvalue weighted by Crippen LogP contribution is 2.35. The molecule has 0 unspecified atom stereocenters. The van der Waals surface area contributed by atoms with Crippen LogP contribution in [0, 0.1) is 6.92 Å². The zero-order valence-corrected chi connectivity index (χ0v) is 10.7. The number of carbonyl (C=O) groups is 1. The highest BCUT2D eigenvalue weighted by Gasteiger charge is 2.16. The molecule has 3 rings (SSSR count). The third-order valence-electron chi connectivity index (χ3n) is 2.89. The van der Waals surface area contributed by atoms with Gasteiger partial charge in [-0.2, -0.15) is 0 Å². The lowest BCUT2D eigenvalue weighted by Gasteiger charge is -2.04. The van der Waals surface area contributed by atoms with Gasteiger partial charge in [0.2, 0.25) is 12.6 Å². The molecule has 0 atom stereocenters. The summed E-state index contributed by atoms with van der Waals surface area (Å²) in [6.07, 6.45) is 0. The first-order valence-corrected chi connectivity index (χ1v) is 5.98. The molecule has 0 radical (unpaired) electrons. The SMILES string of the molecule is Cc1cc(COc2ccc3c(c2)OCO3)oc1C(=O)O. The van der Waals surface area contributed by atoms with Gasteiger partial charge in [-0.25, -0.2) is 4.79 Å². The lowest BCUT2D eigenvalue weighted by atomic mass is 10.2. The topological polar surface area (TPSA) is 78.1 Å². The molecule has 20 heavy (non-hydrogen) atoms. The monoisotopic (exact) mass is 276 g/mol. The van der Waals surface area contributed by atoms with E-state index in [4.69, 9.17) is 23.7 Å². The summed E-state index contributed by atoms with van der Waals surface area (Å²) in [5.74, 6) is 1.22. The van der Waals surface area contributed by atoms with E-state index in [9.17, 15) is 4.79 Å². The van der Waals surface area contributed by atoms with Crippen molar-refractivity contribution in [3.8, 4) is 17.2 Å². The first-order valence-electron chi connectivity index (χ1n) is 5.98. The molecule has 0 amide bonds. The van der Waals surface area contributed by atoms with E-state index < -0.39 is 5.97 Å². The Morgan fingerprint density at radius 3 is 2.85 bits per heavy atom. The fraction of sp³-hybridized carbons (Fsp3) is 0.214. The quantitative estimate of drug-likeness (QED) is 0.924. The molecule has 6 nitrogen and oxygen atoms in total. The zero-order valence-electron chi connectivity index (χ0n) is 10.7. The molecule has 1 aliphatic heterocycles. The van der Waals surface area contributed by atoms with Gasteiger partial charge in [0.05, 0.1) is 0 Å². The van der Waals surface area contributed by atoms with Crippen LogP contribution in [-0.2, 0) is 6.61 Å². The number of hydrogen-bond acceptors (Lipinski definition) is 5. The number of carboxylic acid groups (broad SMARTS) is 1. The summed E-state index contributed by atoms with van der Waals surface area (Å²) in [6.45, 7) is 2.03. The maximum absolute atomic E-state index is 10.9. The normalized spacial score (nSPS) is 12.4. The summed E-state index contributed by atoms with van der Waals surface area (Å²) in [6, 6.07) is 6.88. The Bertz CT molecular complexity index is 658. The maximum atomic E-state index is 10.9. The maximum Gasteiger partial charge on any atom is 0.372 e. The van der Waals surface area contributed by atoms with Crippen molar-refractivity contribution in [1.82, 2.24) is 0 Å². The van der Waals surface area contributed by atoms with Crippen LogP contribution in [0.5, 0.6) is 17.2 Å². The van der Waals surface area contributed by atoms with Crippen LogP contribution in [0.4, 0.5) is 0 Å². The summed E-state index contributed by atoms with van der Waals surface area (Å²) in [4.78, 5) is 10.9. The Morgan fingerprint density at radius 1 is 1.30 bits per heavy atom. The number of aromatic carboxylic acids is 1. The van der Waals surface area contributed by atoms with Crippen molar-refractivity contribution < 1.29 is 28.5 Å². The highest BCUT2D eigenvalue weighted by atomic mass is 16.7. The van der Waals surface area contributed by atoms with Crippen molar-refractivity contribution in [1.29, 1.82) is 0 Å². The number of rotatable bonds is 4. The van der Waals surface area contributed by atoms with Crippen molar-refractivity contribution in [2.24, 2.45) is 0 Å². The van der Waals surface area contributed by atoms with Gasteiger partial charge in [0, 0.05) is 11.6 Å². The summed E-state index contributed by atoms with van der Waals surface area (Å²) in [5, 5.41) is 8.91. The van der Waals surface area contributed by atoms with Crippen LogP contribution < -0.4 is 14.2 Å². The van der Waals surface area contributed by atoms with Crippen LogP contribution in [0.15, 0.2) is 28.7 Å². The van der Waals surface area contributed by atoms with Crippen molar-refractivity contribution in [3.63, 3.8) is 0 Å². The molecule has 1 aromatic heterocycles. The van der Waals surface area contributed by atoms with E-state index in [-0.39, 0.29) is 19.2 Å². The average Bonchev–Trinajstić information content (AvgIpc) is 3.01. The molecular weight excluding hydrogens is 264 g/mol. The third-order valence-corrected chi connectivity index (χ3v) is 2.89. The minimum absolute atomic E-state index is 0.0608. The molecule has 104 valence electrons. The Kier molecular flexibility index (Phi) is 2.98. The van der Waals surface area contributed by atoms with Crippen molar-refractivity contribution in [2.45, 2.75) is 13.5 Å². The number of aryl methyl sites for hydroxylation is 1. The molecule has 2 aromatic rings. The molecule has 0 fully saturated rings. The Hall–Kier alpha value is -2.63. The van der Waals surface area contributed by atoms with Gasteiger partial charge in [0.1, 0.15) is 18.1 Å².